The lowest BCUT2D eigenvalue weighted by atomic mass is 9.88. The summed E-state index contributed by atoms with van der Waals surface area (Å²) in [4.78, 5) is 0. The first-order valence-electron chi connectivity index (χ1n) is 5.63. The van der Waals surface area contributed by atoms with E-state index in [4.69, 9.17) is 5.73 Å². The van der Waals surface area contributed by atoms with Crippen LogP contribution in [0.3, 0.4) is 0 Å². The molecule has 15 heavy (non-hydrogen) atoms. The molecule has 0 aliphatic heterocycles. The minimum Gasteiger partial charge on any atom is -0.330 e. The van der Waals surface area contributed by atoms with E-state index in [2.05, 4.69) is 0 Å². The summed E-state index contributed by atoms with van der Waals surface area (Å²) in [6.07, 6.45) is 2.80. The molecule has 1 aliphatic rings. The quantitative estimate of drug-likeness (QED) is 0.807. The van der Waals surface area contributed by atoms with Crippen LogP contribution in [0.25, 0.3) is 0 Å². The molecule has 2 rings (SSSR count). The van der Waals surface area contributed by atoms with E-state index in [1.165, 1.54) is 0 Å². The van der Waals surface area contributed by atoms with E-state index < -0.39 is 5.67 Å². The van der Waals surface area contributed by atoms with Gasteiger partial charge in [0.15, 0.2) is 0 Å². The molecule has 1 aromatic carbocycles. The van der Waals surface area contributed by atoms with E-state index in [-0.39, 0.29) is 5.92 Å². The second-order valence-electron chi connectivity index (χ2n) is 4.55. The van der Waals surface area contributed by atoms with Gasteiger partial charge in [-0.15, -0.1) is 0 Å². The van der Waals surface area contributed by atoms with Gasteiger partial charge in [-0.3, -0.25) is 0 Å². The van der Waals surface area contributed by atoms with Crippen LogP contribution in [0.1, 0.15) is 30.9 Å². The Bertz CT molecular complexity index is 342. The molecule has 0 amide bonds. The number of hydrogen-bond donors (Lipinski definition) is 1. The summed E-state index contributed by atoms with van der Waals surface area (Å²) < 4.78 is 14.6. The first-order chi connectivity index (χ1) is 7.16. The lowest BCUT2D eigenvalue weighted by Gasteiger charge is -2.23. The van der Waals surface area contributed by atoms with Gasteiger partial charge >= 0.3 is 0 Å². The van der Waals surface area contributed by atoms with Crippen molar-refractivity contribution in [3.63, 3.8) is 0 Å². The molecule has 1 aromatic rings. The number of rotatable bonds is 4. The first-order valence-corrected chi connectivity index (χ1v) is 5.63. The van der Waals surface area contributed by atoms with Gasteiger partial charge in [-0.1, -0.05) is 24.3 Å². The molecule has 1 atom stereocenters. The number of halogens is 1. The Labute approximate surface area is 90.5 Å². The van der Waals surface area contributed by atoms with Crippen molar-refractivity contribution in [3.05, 3.63) is 35.4 Å². The molecule has 82 valence electrons. The van der Waals surface area contributed by atoms with Crippen molar-refractivity contribution >= 4 is 0 Å². The van der Waals surface area contributed by atoms with Crippen LogP contribution in [0.4, 0.5) is 4.39 Å². The van der Waals surface area contributed by atoms with Crippen LogP contribution in [0.5, 0.6) is 0 Å². The molecule has 2 N–H and O–H groups in total. The van der Waals surface area contributed by atoms with Gasteiger partial charge in [0.1, 0.15) is 5.67 Å². The summed E-state index contributed by atoms with van der Waals surface area (Å²) in [5, 5.41) is 0. The van der Waals surface area contributed by atoms with Crippen molar-refractivity contribution < 1.29 is 4.39 Å². The van der Waals surface area contributed by atoms with Crippen molar-refractivity contribution in [1.29, 1.82) is 0 Å². The van der Waals surface area contributed by atoms with Gasteiger partial charge in [0, 0.05) is 0 Å². The second kappa shape index (κ2) is 3.93. The molecule has 1 nitrogen and oxygen atoms in total. The Hall–Kier alpha value is -0.890. The van der Waals surface area contributed by atoms with Gasteiger partial charge in [-0.2, -0.15) is 0 Å². The highest BCUT2D eigenvalue weighted by Crippen LogP contribution is 2.49. The Balaban J connectivity index is 2.32. The first kappa shape index (κ1) is 10.6. The maximum atomic E-state index is 14.6. The molecule has 1 unspecified atom stereocenters. The van der Waals surface area contributed by atoms with Crippen LogP contribution in [0.2, 0.25) is 0 Å². The molecule has 0 saturated heterocycles. The summed E-state index contributed by atoms with van der Waals surface area (Å²) in [7, 11) is 0. The molecule has 0 radical (unpaired) electrons. The van der Waals surface area contributed by atoms with Crippen LogP contribution in [-0.2, 0) is 12.1 Å². The van der Waals surface area contributed by atoms with Crippen molar-refractivity contribution in [2.24, 2.45) is 11.7 Å². The predicted octanol–water partition coefficient (Wildman–Crippen LogP) is 2.78. The SMILES string of the molecule is CC(F)(c1ccccc1CCN)C1CC1. The van der Waals surface area contributed by atoms with E-state index in [0.717, 1.165) is 30.4 Å². The summed E-state index contributed by atoms with van der Waals surface area (Å²) in [6, 6.07) is 7.76. The van der Waals surface area contributed by atoms with E-state index in [0.29, 0.717) is 6.54 Å². The lowest BCUT2D eigenvalue weighted by Crippen LogP contribution is -2.21. The van der Waals surface area contributed by atoms with Gasteiger partial charge in [0.2, 0.25) is 0 Å². The van der Waals surface area contributed by atoms with Crippen molar-refractivity contribution in [1.82, 2.24) is 0 Å². The molecule has 1 fully saturated rings. The molecule has 1 aliphatic carbocycles. The highest BCUT2D eigenvalue weighted by molar-refractivity contribution is 5.33. The molecule has 2 heteroatoms. The maximum Gasteiger partial charge on any atom is 0.136 e. The van der Waals surface area contributed by atoms with Crippen LogP contribution in [0.15, 0.2) is 24.3 Å². The van der Waals surface area contributed by atoms with Crippen molar-refractivity contribution in [3.8, 4) is 0 Å². The van der Waals surface area contributed by atoms with Gasteiger partial charge in [0.25, 0.3) is 0 Å². The second-order valence-corrected chi connectivity index (χ2v) is 4.55. The van der Waals surface area contributed by atoms with Crippen LogP contribution in [-0.4, -0.2) is 6.54 Å². The third kappa shape index (κ3) is 2.05. The van der Waals surface area contributed by atoms with Crippen molar-refractivity contribution in [2.45, 2.75) is 31.9 Å². The molecule has 0 spiro atoms. The Kier molecular flexibility index (Phi) is 2.79. The van der Waals surface area contributed by atoms with Gasteiger partial charge in [-0.05, 0) is 49.8 Å². The lowest BCUT2D eigenvalue weighted by molar-refractivity contribution is 0.157. The number of nitrogens with two attached hydrogens (primary N) is 1. The molecule has 1 saturated carbocycles. The molecule has 0 aromatic heterocycles. The zero-order valence-corrected chi connectivity index (χ0v) is 9.17. The third-order valence-corrected chi connectivity index (χ3v) is 3.30. The van der Waals surface area contributed by atoms with E-state index in [1.807, 2.05) is 24.3 Å². The topological polar surface area (TPSA) is 26.0 Å². The van der Waals surface area contributed by atoms with Crippen molar-refractivity contribution in [2.75, 3.05) is 6.54 Å². The predicted molar refractivity (Wildman–Crippen MR) is 60.4 cm³/mol. The summed E-state index contributed by atoms with van der Waals surface area (Å²) in [6.45, 7) is 2.29. The third-order valence-electron chi connectivity index (χ3n) is 3.30. The summed E-state index contributed by atoms with van der Waals surface area (Å²) >= 11 is 0. The van der Waals surface area contributed by atoms with E-state index in [9.17, 15) is 4.39 Å². The van der Waals surface area contributed by atoms with E-state index >= 15 is 0 Å². The fourth-order valence-electron chi connectivity index (χ4n) is 2.22. The average Bonchev–Trinajstić information content (AvgIpc) is 3.02. The fraction of sp³-hybridized carbons (Fsp3) is 0.538. The van der Waals surface area contributed by atoms with Crippen LogP contribution < -0.4 is 5.73 Å². The van der Waals surface area contributed by atoms with Gasteiger partial charge in [-0.25, -0.2) is 4.39 Å². The molecular formula is C13H18FN. The largest absolute Gasteiger partial charge is 0.330 e. The minimum absolute atomic E-state index is 0.219. The van der Waals surface area contributed by atoms with E-state index in [1.54, 1.807) is 6.92 Å². The number of benzene rings is 1. The highest BCUT2D eigenvalue weighted by Gasteiger charge is 2.43. The highest BCUT2D eigenvalue weighted by atomic mass is 19.1. The monoisotopic (exact) mass is 207 g/mol. The standard InChI is InChI=1S/C13H18FN/c1-13(14,11-6-7-11)12-5-3-2-4-10(12)8-9-15/h2-5,11H,6-9,15H2,1H3. The smallest absolute Gasteiger partial charge is 0.136 e. The number of alkyl halides is 1. The van der Waals surface area contributed by atoms with Crippen LogP contribution >= 0.6 is 0 Å². The Morgan fingerprint density at radius 3 is 2.67 bits per heavy atom. The van der Waals surface area contributed by atoms with Crippen LogP contribution in [0, 0.1) is 5.92 Å². The molecule has 0 heterocycles. The maximum absolute atomic E-state index is 14.6. The van der Waals surface area contributed by atoms with Gasteiger partial charge in [0.05, 0.1) is 0 Å². The molecular weight excluding hydrogens is 189 g/mol. The normalized spacial score (nSPS) is 19.9. The Morgan fingerprint density at radius 2 is 2.07 bits per heavy atom. The zero-order valence-electron chi connectivity index (χ0n) is 9.17. The zero-order chi connectivity index (χ0) is 10.9. The fourth-order valence-corrected chi connectivity index (χ4v) is 2.22. The Morgan fingerprint density at radius 1 is 1.40 bits per heavy atom. The minimum atomic E-state index is -1.16. The summed E-state index contributed by atoms with van der Waals surface area (Å²) in [5.74, 6) is 0.219. The van der Waals surface area contributed by atoms with Gasteiger partial charge < -0.3 is 5.73 Å². The average molecular weight is 207 g/mol. The number of hydrogen-bond acceptors (Lipinski definition) is 1. The summed E-state index contributed by atoms with van der Waals surface area (Å²) in [5.41, 5.74) is 6.29. The molecule has 0 bridgehead atoms.